The number of carboxylic acids is 1. The maximum absolute atomic E-state index is 13.0. The molecule has 1 aliphatic heterocycles. The quantitative estimate of drug-likeness (QED) is 0.346. The topological polar surface area (TPSA) is 117 Å². The second kappa shape index (κ2) is 8.43. The number of aliphatic hydroxyl groups excluding tert-OH is 1. The lowest BCUT2D eigenvalue weighted by atomic mass is 9.98. The minimum absolute atomic E-state index is 0.0124. The Bertz CT molecular complexity index is 1210. The molecule has 1 amide bonds. The van der Waals surface area contributed by atoms with Crippen LogP contribution in [0.25, 0.3) is 5.76 Å². The van der Waals surface area contributed by atoms with Crippen LogP contribution in [0.5, 0.6) is 5.75 Å². The van der Waals surface area contributed by atoms with Crippen LogP contribution in [-0.4, -0.2) is 39.9 Å². The van der Waals surface area contributed by atoms with E-state index in [4.69, 9.17) is 14.3 Å². The lowest BCUT2D eigenvalue weighted by Gasteiger charge is -2.23. The van der Waals surface area contributed by atoms with Crippen molar-refractivity contribution in [1.82, 2.24) is 4.90 Å². The van der Waals surface area contributed by atoms with Gasteiger partial charge in [-0.3, -0.25) is 9.59 Å². The normalized spacial score (nSPS) is 17.5. The Morgan fingerprint density at radius 3 is 2.38 bits per heavy atom. The molecule has 1 saturated heterocycles. The van der Waals surface area contributed by atoms with Gasteiger partial charge in [0, 0.05) is 6.54 Å². The van der Waals surface area contributed by atoms with Crippen LogP contribution in [0.1, 0.15) is 33.3 Å². The number of carbonyl (C=O) groups is 3. The Balaban J connectivity index is 1.80. The third-order valence-corrected chi connectivity index (χ3v) is 5.27. The molecule has 3 aromatic rings. The van der Waals surface area contributed by atoms with Crippen molar-refractivity contribution in [2.75, 3.05) is 7.11 Å². The number of rotatable bonds is 6. The van der Waals surface area contributed by atoms with E-state index in [0.717, 1.165) is 0 Å². The van der Waals surface area contributed by atoms with Gasteiger partial charge in [0.15, 0.2) is 0 Å². The van der Waals surface area contributed by atoms with E-state index in [0.29, 0.717) is 17.1 Å². The molecule has 0 radical (unpaired) electrons. The monoisotopic (exact) mass is 433 g/mol. The summed E-state index contributed by atoms with van der Waals surface area (Å²) in [5.41, 5.74) is 0.882. The van der Waals surface area contributed by atoms with E-state index in [-0.39, 0.29) is 29.0 Å². The van der Waals surface area contributed by atoms with Crippen LogP contribution < -0.4 is 4.74 Å². The lowest BCUT2D eigenvalue weighted by Crippen LogP contribution is -2.29. The number of aromatic carboxylic acids is 1. The van der Waals surface area contributed by atoms with Crippen molar-refractivity contribution < 1.29 is 33.8 Å². The maximum atomic E-state index is 13.0. The fourth-order valence-corrected chi connectivity index (χ4v) is 3.72. The molecular weight excluding hydrogens is 414 g/mol. The van der Waals surface area contributed by atoms with Crippen molar-refractivity contribution in [2.24, 2.45) is 0 Å². The van der Waals surface area contributed by atoms with Crippen molar-refractivity contribution in [3.05, 3.63) is 95.0 Å². The highest BCUT2D eigenvalue weighted by molar-refractivity contribution is 6.46. The second-order valence-electron chi connectivity index (χ2n) is 7.14. The third kappa shape index (κ3) is 3.62. The zero-order valence-electron chi connectivity index (χ0n) is 17.0. The number of ether oxygens (including phenoxy) is 1. The average molecular weight is 433 g/mol. The molecule has 8 nitrogen and oxygen atoms in total. The van der Waals surface area contributed by atoms with E-state index in [2.05, 4.69) is 0 Å². The molecular formula is C24H19NO7. The Morgan fingerprint density at radius 2 is 1.75 bits per heavy atom. The average Bonchev–Trinajstić information content (AvgIpc) is 3.42. The SMILES string of the molecule is COc1ccccc1/C(O)=C1/C(=O)C(=O)N(Cc2ccc(C(=O)O)cc2)C1c1ccco1. The molecule has 0 aliphatic carbocycles. The van der Waals surface area contributed by atoms with Gasteiger partial charge in [0.2, 0.25) is 0 Å². The van der Waals surface area contributed by atoms with Gasteiger partial charge in [-0.05, 0) is 42.0 Å². The highest BCUT2D eigenvalue weighted by Crippen LogP contribution is 2.41. The molecule has 32 heavy (non-hydrogen) atoms. The molecule has 8 heteroatoms. The predicted octanol–water partition coefficient (Wildman–Crippen LogP) is 3.61. The molecule has 0 saturated carbocycles. The number of hydrogen-bond donors (Lipinski definition) is 2. The Morgan fingerprint density at radius 1 is 1.03 bits per heavy atom. The number of aliphatic hydroxyl groups is 1. The minimum atomic E-state index is -1.07. The number of nitrogens with zero attached hydrogens (tertiary/aromatic N) is 1. The molecule has 0 spiro atoms. The van der Waals surface area contributed by atoms with Crippen molar-refractivity contribution in [3.63, 3.8) is 0 Å². The fourth-order valence-electron chi connectivity index (χ4n) is 3.72. The molecule has 2 heterocycles. The Hall–Kier alpha value is -4.33. The highest BCUT2D eigenvalue weighted by atomic mass is 16.5. The van der Waals surface area contributed by atoms with Gasteiger partial charge >= 0.3 is 5.97 Å². The highest BCUT2D eigenvalue weighted by Gasteiger charge is 2.47. The summed E-state index contributed by atoms with van der Waals surface area (Å²) >= 11 is 0. The summed E-state index contributed by atoms with van der Waals surface area (Å²) in [5, 5.41) is 20.1. The van der Waals surface area contributed by atoms with Crippen LogP contribution in [0, 0.1) is 0 Å². The molecule has 4 rings (SSSR count). The number of benzene rings is 2. The zero-order chi connectivity index (χ0) is 22.8. The third-order valence-electron chi connectivity index (χ3n) is 5.27. The first-order valence-corrected chi connectivity index (χ1v) is 9.69. The number of hydrogen-bond acceptors (Lipinski definition) is 6. The van der Waals surface area contributed by atoms with Crippen LogP contribution in [0.4, 0.5) is 0 Å². The molecule has 1 aromatic heterocycles. The maximum Gasteiger partial charge on any atom is 0.335 e. The van der Waals surface area contributed by atoms with Crippen LogP contribution in [-0.2, 0) is 16.1 Å². The van der Waals surface area contributed by atoms with Gasteiger partial charge in [-0.1, -0.05) is 24.3 Å². The zero-order valence-corrected chi connectivity index (χ0v) is 17.0. The first-order valence-electron chi connectivity index (χ1n) is 9.69. The van der Waals surface area contributed by atoms with Gasteiger partial charge < -0.3 is 24.3 Å². The van der Waals surface area contributed by atoms with Crippen molar-refractivity contribution in [1.29, 1.82) is 0 Å². The van der Waals surface area contributed by atoms with Crippen LogP contribution >= 0.6 is 0 Å². The van der Waals surface area contributed by atoms with Gasteiger partial charge in [-0.25, -0.2) is 4.79 Å². The number of carboxylic acid groups (broad SMARTS) is 1. The Labute approximate surface area is 183 Å². The number of furan rings is 1. The van der Waals surface area contributed by atoms with E-state index in [9.17, 15) is 19.5 Å². The predicted molar refractivity (Wildman–Crippen MR) is 113 cm³/mol. The number of Topliss-reactive ketones (excluding diaryl/α,β-unsaturated/α-hetero) is 1. The molecule has 2 N–H and O–H groups in total. The van der Waals surface area contributed by atoms with Gasteiger partial charge in [0.05, 0.1) is 30.1 Å². The van der Waals surface area contributed by atoms with E-state index < -0.39 is 23.7 Å². The molecule has 1 atom stereocenters. The van der Waals surface area contributed by atoms with Crippen molar-refractivity contribution >= 4 is 23.4 Å². The molecule has 1 fully saturated rings. The first kappa shape index (κ1) is 20.9. The fraction of sp³-hybridized carbons (Fsp3) is 0.125. The summed E-state index contributed by atoms with van der Waals surface area (Å²) < 4.78 is 10.8. The van der Waals surface area contributed by atoms with E-state index in [1.807, 2.05) is 0 Å². The second-order valence-corrected chi connectivity index (χ2v) is 7.14. The summed E-state index contributed by atoms with van der Waals surface area (Å²) in [6.45, 7) is 0.0124. The van der Waals surface area contributed by atoms with Gasteiger partial charge in [0.25, 0.3) is 11.7 Å². The van der Waals surface area contributed by atoms with Crippen LogP contribution in [0.3, 0.4) is 0 Å². The van der Waals surface area contributed by atoms with Gasteiger partial charge in [0.1, 0.15) is 23.3 Å². The van der Waals surface area contributed by atoms with Crippen LogP contribution in [0.2, 0.25) is 0 Å². The van der Waals surface area contributed by atoms with Crippen LogP contribution in [0.15, 0.2) is 76.9 Å². The molecule has 2 aromatic carbocycles. The molecule has 1 unspecified atom stereocenters. The lowest BCUT2D eigenvalue weighted by molar-refractivity contribution is -0.140. The number of amides is 1. The number of carbonyl (C=O) groups excluding carboxylic acids is 2. The number of para-hydroxylation sites is 1. The summed E-state index contributed by atoms with van der Waals surface area (Å²) in [4.78, 5) is 38.3. The van der Waals surface area contributed by atoms with Gasteiger partial charge in [-0.15, -0.1) is 0 Å². The summed E-state index contributed by atoms with van der Waals surface area (Å²) in [7, 11) is 1.44. The van der Waals surface area contributed by atoms with Gasteiger partial charge in [-0.2, -0.15) is 0 Å². The standard InChI is InChI=1S/C24H19NO7/c1-31-17-6-3-2-5-16(17)21(26)19-20(18-7-4-12-32-18)25(23(28)22(19)27)13-14-8-10-15(11-9-14)24(29)30/h2-12,20,26H,13H2,1H3,(H,29,30)/b21-19-. The summed E-state index contributed by atoms with van der Waals surface area (Å²) in [5.74, 6) is -2.43. The number of likely N-dealkylation sites (tertiary alicyclic amines) is 1. The van der Waals surface area contributed by atoms with E-state index in [1.165, 1.54) is 30.4 Å². The largest absolute Gasteiger partial charge is 0.507 e. The van der Waals surface area contributed by atoms with Crippen molar-refractivity contribution in [3.8, 4) is 5.75 Å². The molecule has 0 bridgehead atoms. The molecule has 162 valence electrons. The minimum Gasteiger partial charge on any atom is -0.507 e. The Kier molecular flexibility index (Phi) is 5.51. The smallest absolute Gasteiger partial charge is 0.335 e. The first-order chi connectivity index (χ1) is 15.4. The van der Waals surface area contributed by atoms with Crippen molar-refractivity contribution in [2.45, 2.75) is 12.6 Å². The number of ketones is 1. The number of methoxy groups -OCH3 is 1. The molecule has 1 aliphatic rings. The van der Waals surface area contributed by atoms with E-state index in [1.54, 1.807) is 48.5 Å². The summed E-state index contributed by atoms with van der Waals surface area (Å²) in [6, 6.07) is 14.9. The van der Waals surface area contributed by atoms with E-state index >= 15 is 0 Å². The summed E-state index contributed by atoms with van der Waals surface area (Å²) in [6.07, 6.45) is 1.42.